The van der Waals surface area contributed by atoms with E-state index in [0.29, 0.717) is 23.2 Å². The number of nitrogens with one attached hydrogen (secondary N) is 1. The second-order valence-corrected chi connectivity index (χ2v) is 6.91. The van der Waals surface area contributed by atoms with E-state index in [0.717, 1.165) is 32.5 Å². The van der Waals surface area contributed by atoms with E-state index in [1.807, 2.05) is 4.90 Å². The Hall–Kier alpha value is -1.69. The lowest BCUT2D eigenvalue weighted by Gasteiger charge is -2.35. The third-order valence-electron chi connectivity index (χ3n) is 5.01. The van der Waals surface area contributed by atoms with E-state index >= 15 is 0 Å². The Morgan fingerprint density at radius 3 is 2.52 bits per heavy atom. The molecule has 0 spiro atoms. The number of aromatic amines is 1. The van der Waals surface area contributed by atoms with E-state index in [1.54, 1.807) is 13.8 Å². The summed E-state index contributed by atoms with van der Waals surface area (Å²) in [4.78, 5) is 28.8. The van der Waals surface area contributed by atoms with Crippen LogP contribution in [0.1, 0.15) is 48.3 Å². The number of amides is 1. The first kappa shape index (κ1) is 17.7. The maximum atomic E-state index is 12.7. The van der Waals surface area contributed by atoms with E-state index in [2.05, 4.69) is 36.0 Å². The Kier molecular flexibility index (Phi) is 5.57. The van der Waals surface area contributed by atoms with Crippen LogP contribution in [0.2, 0.25) is 0 Å². The third-order valence-corrected chi connectivity index (χ3v) is 5.01. The molecule has 1 aromatic rings. The first-order valence-electron chi connectivity index (χ1n) is 8.36. The quantitative estimate of drug-likeness (QED) is 0.914. The van der Waals surface area contributed by atoms with E-state index < -0.39 is 0 Å². The first-order valence-corrected chi connectivity index (χ1v) is 8.36. The van der Waals surface area contributed by atoms with Gasteiger partial charge >= 0.3 is 0 Å². The van der Waals surface area contributed by atoms with Crippen molar-refractivity contribution in [1.29, 1.82) is 0 Å². The van der Waals surface area contributed by atoms with Crippen LogP contribution in [0.15, 0.2) is 4.79 Å². The average molecular weight is 320 g/mol. The van der Waals surface area contributed by atoms with Crippen LogP contribution < -0.4 is 5.56 Å². The van der Waals surface area contributed by atoms with E-state index in [4.69, 9.17) is 0 Å². The molecule has 6 nitrogen and oxygen atoms in total. The van der Waals surface area contributed by atoms with Crippen molar-refractivity contribution >= 4 is 5.91 Å². The summed E-state index contributed by atoms with van der Waals surface area (Å²) in [6, 6.07) is 0.538. The predicted octanol–water partition coefficient (Wildman–Crippen LogP) is 1.58. The lowest BCUT2D eigenvalue weighted by molar-refractivity contribution is 0.0663. The number of H-pyrrole nitrogens is 1. The second kappa shape index (κ2) is 7.25. The molecule has 6 heteroatoms. The summed E-state index contributed by atoms with van der Waals surface area (Å²) in [5.74, 6) is 0.454. The molecule has 1 aromatic heterocycles. The van der Waals surface area contributed by atoms with Crippen LogP contribution in [0.4, 0.5) is 0 Å². The van der Waals surface area contributed by atoms with Crippen LogP contribution in [-0.2, 0) is 0 Å². The maximum Gasteiger partial charge on any atom is 0.277 e. The highest BCUT2D eigenvalue weighted by molar-refractivity contribution is 5.95. The topological polar surface area (TPSA) is 69.3 Å². The van der Waals surface area contributed by atoms with Crippen molar-refractivity contribution in [2.45, 2.75) is 46.6 Å². The van der Waals surface area contributed by atoms with Gasteiger partial charge in [-0.15, -0.1) is 0 Å². The number of aryl methyl sites for hydroxylation is 1. The molecule has 0 aliphatic carbocycles. The molecular weight excluding hydrogens is 292 g/mol. The lowest BCUT2D eigenvalue weighted by atomic mass is 9.95. The Morgan fingerprint density at radius 1 is 1.35 bits per heavy atom. The van der Waals surface area contributed by atoms with Gasteiger partial charge in [-0.3, -0.25) is 9.59 Å². The number of piperidine rings is 1. The molecule has 1 amide bonds. The lowest BCUT2D eigenvalue weighted by Crippen LogP contribution is -2.43. The normalized spacial score (nSPS) is 16.4. The number of rotatable bonds is 4. The van der Waals surface area contributed by atoms with Crippen molar-refractivity contribution in [3.8, 4) is 0 Å². The molecule has 0 unspecified atom stereocenters. The standard InChI is InChI=1S/C17H28N4O2/c1-11(2)20(5)10-14-6-8-21(9-7-14)17(23)15-12(3)13(4)18-19-16(15)22/h11,14H,6-10H2,1-5H3,(H,19,22). The van der Waals surface area contributed by atoms with Gasteiger partial charge in [-0.05, 0) is 59.1 Å². The Labute approximate surface area is 137 Å². The van der Waals surface area contributed by atoms with Gasteiger partial charge in [-0.2, -0.15) is 5.10 Å². The zero-order valence-electron chi connectivity index (χ0n) is 14.8. The van der Waals surface area contributed by atoms with Gasteiger partial charge in [0.05, 0.1) is 5.69 Å². The molecule has 2 rings (SSSR count). The van der Waals surface area contributed by atoms with Crippen LogP contribution in [0.3, 0.4) is 0 Å². The Morgan fingerprint density at radius 2 is 1.96 bits per heavy atom. The van der Waals surface area contributed by atoms with Crippen LogP contribution in [-0.4, -0.2) is 58.6 Å². The summed E-state index contributed by atoms with van der Waals surface area (Å²) in [5, 5.41) is 6.33. The van der Waals surface area contributed by atoms with E-state index in [-0.39, 0.29) is 17.0 Å². The number of likely N-dealkylation sites (tertiary alicyclic amines) is 1. The number of aromatic nitrogens is 2. The highest BCUT2D eigenvalue weighted by Crippen LogP contribution is 2.20. The maximum absolute atomic E-state index is 12.7. The van der Waals surface area contributed by atoms with Crippen LogP contribution in [0.25, 0.3) is 0 Å². The fourth-order valence-electron chi connectivity index (χ4n) is 2.98. The van der Waals surface area contributed by atoms with Crippen molar-refractivity contribution in [1.82, 2.24) is 20.0 Å². The molecular formula is C17H28N4O2. The molecule has 0 bridgehead atoms. The number of hydrogen-bond acceptors (Lipinski definition) is 4. The van der Waals surface area contributed by atoms with Gasteiger partial charge in [0.15, 0.2) is 0 Å². The summed E-state index contributed by atoms with van der Waals surface area (Å²) >= 11 is 0. The molecule has 2 heterocycles. The minimum atomic E-state index is -0.389. The van der Waals surface area contributed by atoms with Crippen molar-refractivity contribution in [3.05, 3.63) is 27.2 Å². The third kappa shape index (κ3) is 3.99. The summed E-state index contributed by atoms with van der Waals surface area (Å²) < 4.78 is 0. The van der Waals surface area contributed by atoms with Gasteiger partial charge in [-0.25, -0.2) is 5.10 Å². The van der Waals surface area contributed by atoms with Crippen molar-refractivity contribution in [3.63, 3.8) is 0 Å². The van der Waals surface area contributed by atoms with Gasteiger partial charge in [0.2, 0.25) is 0 Å². The summed E-state index contributed by atoms with van der Waals surface area (Å²) in [6.07, 6.45) is 1.98. The summed E-state index contributed by atoms with van der Waals surface area (Å²) in [5.41, 5.74) is 1.23. The van der Waals surface area contributed by atoms with Gasteiger partial charge in [0, 0.05) is 25.7 Å². The molecule has 1 N–H and O–H groups in total. The molecule has 1 aliphatic heterocycles. The van der Waals surface area contributed by atoms with Gasteiger partial charge < -0.3 is 9.80 Å². The molecule has 0 aromatic carbocycles. The minimum Gasteiger partial charge on any atom is -0.338 e. The highest BCUT2D eigenvalue weighted by atomic mass is 16.2. The van der Waals surface area contributed by atoms with Gasteiger partial charge in [0.1, 0.15) is 5.56 Å². The Balaban J connectivity index is 2.02. The van der Waals surface area contributed by atoms with Crippen LogP contribution in [0, 0.1) is 19.8 Å². The first-order chi connectivity index (χ1) is 10.8. The number of carbonyl (C=O) groups excluding carboxylic acids is 1. The fraction of sp³-hybridized carbons (Fsp3) is 0.706. The zero-order chi connectivity index (χ0) is 17.1. The number of hydrogen-bond donors (Lipinski definition) is 1. The summed E-state index contributed by atoms with van der Waals surface area (Å²) in [6.45, 7) is 10.5. The predicted molar refractivity (Wildman–Crippen MR) is 90.7 cm³/mol. The van der Waals surface area contributed by atoms with E-state index in [9.17, 15) is 9.59 Å². The molecule has 0 radical (unpaired) electrons. The highest BCUT2D eigenvalue weighted by Gasteiger charge is 2.27. The SMILES string of the molecule is Cc1n[nH]c(=O)c(C(=O)N2CCC(CN(C)C(C)C)CC2)c1C. The van der Waals surface area contributed by atoms with E-state index in [1.165, 1.54) is 0 Å². The minimum absolute atomic E-state index is 0.162. The fourth-order valence-corrected chi connectivity index (χ4v) is 2.98. The van der Waals surface area contributed by atoms with Gasteiger partial charge in [-0.1, -0.05) is 0 Å². The van der Waals surface area contributed by atoms with Crippen LogP contribution in [0.5, 0.6) is 0 Å². The molecule has 1 aliphatic rings. The Bertz CT molecular complexity index is 616. The molecule has 1 saturated heterocycles. The molecule has 128 valence electrons. The van der Waals surface area contributed by atoms with Crippen molar-refractivity contribution < 1.29 is 4.79 Å². The van der Waals surface area contributed by atoms with Crippen molar-refractivity contribution in [2.75, 3.05) is 26.7 Å². The second-order valence-electron chi connectivity index (χ2n) is 6.91. The zero-order valence-corrected chi connectivity index (χ0v) is 14.8. The average Bonchev–Trinajstić information content (AvgIpc) is 2.51. The largest absolute Gasteiger partial charge is 0.338 e. The molecule has 1 fully saturated rings. The monoisotopic (exact) mass is 320 g/mol. The number of nitrogens with zero attached hydrogens (tertiary/aromatic N) is 3. The smallest absolute Gasteiger partial charge is 0.277 e. The summed E-state index contributed by atoms with van der Waals surface area (Å²) in [7, 11) is 2.14. The van der Waals surface area contributed by atoms with Gasteiger partial charge in [0.25, 0.3) is 11.5 Å². The molecule has 23 heavy (non-hydrogen) atoms. The molecule has 0 atom stereocenters. The number of carbonyl (C=O) groups is 1. The van der Waals surface area contributed by atoms with Crippen molar-refractivity contribution in [2.24, 2.45) is 5.92 Å². The van der Waals surface area contributed by atoms with Crippen LogP contribution >= 0.6 is 0 Å². The molecule has 0 saturated carbocycles.